The van der Waals surface area contributed by atoms with Crippen molar-refractivity contribution in [2.75, 3.05) is 26.2 Å². The monoisotopic (exact) mass is 271 g/mol. The lowest BCUT2D eigenvalue weighted by Crippen LogP contribution is -2.28. The molecule has 0 fully saturated rings. The van der Waals surface area contributed by atoms with Gasteiger partial charge in [0.05, 0.1) is 5.02 Å². The van der Waals surface area contributed by atoms with Crippen LogP contribution in [0.2, 0.25) is 5.02 Å². The topological polar surface area (TPSA) is 49.8 Å². The van der Waals surface area contributed by atoms with Crippen LogP contribution in [0.3, 0.4) is 0 Å². The maximum Gasteiger partial charge on any atom is 0.339 e. The summed E-state index contributed by atoms with van der Waals surface area (Å²) < 4.78 is 5.51. The SMILES string of the molecule is CCN(CC)CCOc1c(Cl)cccc1C(=O)O. The second-order valence-corrected chi connectivity index (χ2v) is 4.20. The van der Waals surface area contributed by atoms with E-state index in [1.165, 1.54) is 6.07 Å². The number of rotatable bonds is 7. The Morgan fingerprint density at radius 2 is 2.06 bits per heavy atom. The van der Waals surface area contributed by atoms with E-state index in [4.69, 9.17) is 21.4 Å². The summed E-state index contributed by atoms with van der Waals surface area (Å²) in [6, 6.07) is 4.71. The number of para-hydroxylation sites is 1. The van der Waals surface area contributed by atoms with Crippen molar-refractivity contribution in [3.8, 4) is 5.75 Å². The van der Waals surface area contributed by atoms with Gasteiger partial charge in [0.2, 0.25) is 0 Å². The minimum atomic E-state index is -1.03. The summed E-state index contributed by atoms with van der Waals surface area (Å²) in [4.78, 5) is 13.2. The molecule has 0 amide bonds. The summed E-state index contributed by atoms with van der Waals surface area (Å²) in [5.41, 5.74) is 0.0991. The molecule has 0 aliphatic heterocycles. The van der Waals surface area contributed by atoms with Crippen LogP contribution in [0.25, 0.3) is 0 Å². The molecule has 18 heavy (non-hydrogen) atoms. The van der Waals surface area contributed by atoms with Crippen molar-refractivity contribution < 1.29 is 14.6 Å². The van der Waals surface area contributed by atoms with E-state index in [0.29, 0.717) is 11.6 Å². The van der Waals surface area contributed by atoms with Gasteiger partial charge in [-0.2, -0.15) is 0 Å². The van der Waals surface area contributed by atoms with Gasteiger partial charge < -0.3 is 14.7 Å². The highest BCUT2D eigenvalue weighted by Gasteiger charge is 2.14. The lowest BCUT2D eigenvalue weighted by atomic mass is 10.2. The molecule has 0 bridgehead atoms. The average Bonchev–Trinajstić information content (AvgIpc) is 2.36. The van der Waals surface area contributed by atoms with Gasteiger partial charge in [0.25, 0.3) is 0 Å². The molecule has 1 aromatic rings. The predicted octanol–water partition coefficient (Wildman–Crippen LogP) is 2.76. The van der Waals surface area contributed by atoms with Crippen molar-refractivity contribution in [1.29, 1.82) is 0 Å². The van der Waals surface area contributed by atoms with Gasteiger partial charge >= 0.3 is 5.97 Å². The fraction of sp³-hybridized carbons (Fsp3) is 0.462. The van der Waals surface area contributed by atoms with Crippen LogP contribution in [-0.2, 0) is 0 Å². The summed E-state index contributed by atoms with van der Waals surface area (Å²) in [5.74, 6) is -0.783. The van der Waals surface area contributed by atoms with Crippen molar-refractivity contribution in [1.82, 2.24) is 4.90 Å². The number of hydrogen-bond donors (Lipinski definition) is 1. The number of likely N-dealkylation sites (N-methyl/N-ethyl adjacent to an activating group) is 1. The van der Waals surface area contributed by atoms with Crippen LogP contribution in [-0.4, -0.2) is 42.2 Å². The quantitative estimate of drug-likeness (QED) is 0.828. The van der Waals surface area contributed by atoms with E-state index in [1.807, 2.05) is 0 Å². The first-order valence-corrected chi connectivity index (χ1v) is 6.34. The van der Waals surface area contributed by atoms with Crippen LogP contribution in [0.1, 0.15) is 24.2 Å². The van der Waals surface area contributed by atoms with E-state index in [2.05, 4.69) is 18.7 Å². The third kappa shape index (κ3) is 3.89. The number of hydrogen-bond acceptors (Lipinski definition) is 3. The number of benzene rings is 1. The van der Waals surface area contributed by atoms with Crippen molar-refractivity contribution in [3.63, 3.8) is 0 Å². The second kappa shape index (κ2) is 7.24. The molecule has 0 heterocycles. The van der Waals surface area contributed by atoms with Gasteiger partial charge in [-0.25, -0.2) is 4.79 Å². The molecule has 0 aliphatic rings. The Morgan fingerprint density at radius 1 is 1.39 bits per heavy atom. The second-order valence-electron chi connectivity index (χ2n) is 3.80. The number of carbonyl (C=O) groups is 1. The van der Waals surface area contributed by atoms with Crippen LogP contribution < -0.4 is 4.74 Å². The van der Waals surface area contributed by atoms with Crippen molar-refractivity contribution in [2.45, 2.75) is 13.8 Å². The number of aromatic carboxylic acids is 1. The number of carboxylic acids is 1. The Labute approximate surface area is 112 Å². The molecule has 0 saturated carbocycles. The third-order valence-corrected chi connectivity index (χ3v) is 3.04. The first kappa shape index (κ1) is 14.8. The number of halogens is 1. The zero-order valence-electron chi connectivity index (χ0n) is 10.6. The minimum Gasteiger partial charge on any atom is -0.490 e. The summed E-state index contributed by atoms with van der Waals surface area (Å²) >= 11 is 5.95. The highest BCUT2D eigenvalue weighted by atomic mass is 35.5. The molecule has 1 rings (SSSR count). The number of ether oxygens (including phenoxy) is 1. The maximum absolute atomic E-state index is 11.0. The first-order valence-electron chi connectivity index (χ1n) is 5.97. The van der Waals surface area contributed by atoms with Gasteiger partial charge in [0.1, 0.15) is 12.2 Å². The fourth-order valence-electron chi connectivity index (χ4n) is 1.64. The van der Waals surface area contributed by atoms with Crippen LogP contribution in [0.15, 0.2) is 18.2 Å². The molecule has 0 atom stereocenters. The average molecular weight is 272 g/mol. The zero-order valence-corrected chi connectivity index (χ0v) is 11.4. The highest BCUT2D eigenvalue weighted by Crippen LogP contribution is 2.28. The van der Waals surface area contributed by atoms with Crippen LogP contribution in [0.4, 0.5) is 0 Å². The molecule has 0 saturated heterocycles. The Bertz CT molecular complexity index is 405. The number of nitrogens with zero attached hydrogens (tertiary/aromatic N) is 1. The smallest absolute Gasteiger partial charge is 0.339 e. The fourth-order valence-corrected chi connectivity index (χ4v) is 1.87. The van der Waals surface area contributed by atoms with Crippen molar-refractivity contribution >= 4 is 17.6 Å². The molecule has 0 unspecified atom stereocenters. The Hall–Kier alpha value is -1.26. The Balaban J connectivity index is 2.69. The van der Waals surface area contributed by atoms with E-state index in [-0.39, 0.29) is 11.3 Å². The first-order chi connectivity index (χ1) is 8.60. The van der Waals surface area contributed by atoms with Crippen molar-refractivity contribution in [2.24, 2.45) is 0 Å². The predicted molar refractivity (Wildman–Crippen MR) is 71.7 cm³/mol. The molecule has 0 aliphatic carbocycles. The zero-order chi connectivity index (χ0) is 13.5. The molecule has 1 aromatic carbocycles. The van der Waals surface area contributed by atoms with E-state index >= 15 is 0 Å². The molecule has 4 nitrogen and oxygen atoms in total. The Kier molecular flexibility index (Phi) is 5.95. The molecule has 1 N–H and O–H groups in total. The summed E-state index contributed by atoms with van der Waals surface area (Å²) in [7, 11) is 0. The molecule has 0 aromatic heterocycles. The summed E-state index contributed by atoms with van der Waals surface area (Å²) in [6.07, 6.45) is 0. The molecular formula is C13H18ClNO3. The summed E-state index contributed by atoms with van der Waals surface area (Å²) in [6.45, 7) is 7.19. The van der Waals surface area contributed by atoms with E-state index in [9.17, 15) is 4.79 Å². The van der Waals surface area contributed by atoms with Gasteiger partial charge in [-0.1, -0.05) is 31.5 Å². The molecule has 5 heteroatoms. The minimum absolute atomic E-state index is 0.0991. The third-order valence-electron chi connectivity index (χ3n) is 2.75. The van der Waals surface area contributed by atoms with Gasteiger partial charge in [0, 0.05) is 6.54 Å². The normalized spacial score (nSPS) is 10.7. The highest BCUT2D eigenvalue weighted by molar-refractivity contribution is 6.32. The molecular weight excluding hydrogens is 254 g/mol. The maximum atomic E-state index is 11.0. The van der Waals surface area contributed by atoms with Gasteiger partial charge in [-0.15, -0.1) is 0 Å². The van der Waals surface area contributed by atoms with Crippen LogP contribution >= 0.6 is 11.6 Å². The largest absolute Gasteiger partial charge is 0.490 e. The van der Waals surface area contributed by atoms with Crippen LogP contribution in [0.5, 0.6) is 5.75 Å². The van der Waals surface area contributed by atoms with Crippen LogP contribution in [0, 0.1) is 0 Å². The van der Waals surface area contributed by atoms with Crippen molar-refractivity contribution in [3.05, 3.63) is 28.8 Å². The lowest BCUT2D eigenvalue weighted by molar-refractivity contribution is 0.0691. The standard InChI is InChI=1S/C13H18ClNO3/c1-3-15(4-2)8-9-18-12-10(13(16)17)6-5-7-11(12)14/h5-7H,3-4,8-9H2,1-2H3,(H,16,17). The lowest BCUT2D eigenvalue weighted by Gasteiger charge is -2.18. The molecule has 0 radical (unpaired) electrons. The van der Waals surface area contributed by atoms with E-state index in [1.54, 1.807) is 12.1 Å². The molecule has 0 spiro atoms. The Morgan fingerprint density at radius 3 is 2.61 bits per heavy atom. The van der Waals surface area contributed by atoms with Gasteiger partial charge in [0.15, 0.2) is 5.75 Å². The number of carboxylic acid groups (broad SMARTS) is 1. The van der Waals surface area contributed by atoms with Gasteiger partial charge in [-0.3, -0.25) is 0 Å². The van der Waals surface area contributed by atoms with E-state index in [0.717, 1.165) is 19.6 Å². The van der Waals surface area contributed by atoms with Gasteiger partial charge in [-0.05, 0) is 25.2 Å². The molecule has 100 valence electrons. The van der Waals surface area contributed by atoms with E-state index < -0.39 is 5.97 Å². The summed E-state index contributed by atoms with van der Waals surface area (Å²) in [5, 5.41) is 9.37.